The Morgan fingerprint density at radius 1 is 1.05 bits per heavy atom. The average molecular weight is 564 g/mol. The Morgan fingerprint density at radius 2 is 1.79 bits per heavy atom. The van der Waals surface area contributed by atoms with Gasteiger partial charge in [0.1, 0.15) is 6.10 Å². The van der Waals surface area contributed by atoms with Crippen LogP contribution in [0.15, 0.2) is 48.5 Å². The lowest BCUT2D eigenvalue weighted by Gasteiger charge is -2.60. The van der Waals surface area contributed by atoms with Crippen LogP contribution in [-0.2, 0) is 16.1 Å². The molecule has 2 saturated carbocycles. The molecule has 2 aromatic carbocycles. The third-order valence-electron chi connectivity index (χ3n) is 8.83. The monoisotopic (exact) mass is 562 g/mol. The summed E-state index contributed by atoms with van der Waals surface area (Å²) in [5, 5.41) is 28.0. The highest BCUT2D eigenvalue weighted by atomic mass is 35.5. The number of rotatable bonds is 7. The minimum Gasteiger partial charge on any atom is -0.445 e. The van der Waals surface area contributed by atoms with E-state index < -0.39 is 29.1 Å². The lowest BCUT2D eigenvalue weighted by Crippen LogP contribution is -2.61. The molecule has 2 aromatic rings. The lowest BCUT2D eigenvalue weighted by atomic mass is 9.46. The number of aliphatic hydroxyl groups is 2. The Hall–Kier alpha value is -2.32. The van der Waals surface area contributed by atoms with E-state index in [-0.39, 0.29) is 30.8 Å². The number of halogens is 2. The highest BCUT2D eigenvalue weighted by Gasteiger charge is 2.60. The molecule has 2 aliphatic rings. The van der Waals surface area contributed by atoms with Crippen molar-refractivity contribution in [3.63, 3.8) is 0 Å². The minimum absolute atomic E-state index is 0.0492. The Bertz CT molecular complexity index is 1150. The summed E-state index contributed by atoms with van der Waals surface area (Å²) < 4.78 is 5.87. The summed E-state index contributed by atoms with van der Waals surface area (Å²) in [5.41, 5.74) is 0.331. The van der Waals surface area contributed by atoms with E-state index in [9.17, 15) is 19.8 Å². The number of ether oxygens (including phenoxy) is 1. The van der Waals surface area contributed by atoms with Gasteiger partial charge in [-0.3, -0.25) is 10.1 Å². The van der Waals surface area contributed by atoms with Crippen LogP contribution >= 0.6 is 23.2 Å². The van der Waals surface area contributed by atoms with Gasteiger partial charge in [0, 0.05) is 24.1 Å². The van der Waals surface area contributed by atoms with Crippen molar-refractivity contribution in [2.24, 2.45) is 22.7 Å². The molecule has 0 unspecified atom stereocenters. The molecule has 0 heterocycles. The summed E-state index contributed by atoms with van der Waals surface area (Å²) in [6, 6.07) is 14.5. The zero-order valence-electron chi connectivity index (χ0n) is 21.8. The van der Waals surface area contributed by atoms with Crippen molar-refractivity contribution in [2.75, 3.05) is 11.9 Å². The van der Waals surface area contributed by atoms with Gasteiger partial charge in [-0.05, 0) is 66.7 Å². The minimum atomic E-state index is -0.735. The number of carbonyl (C=O) groups excluding carboxylic acids is 2. The standard InChI is InChI=1S/C29H36Cl2N2O5/c1-28-13-12-25(38-27(37)33-19-8-9-21(30)22(31)14-19)29(2,17-34)24(28)11-10-23(35)20(28)15-26(36)32-16-18-6-4-3-5-7-18/h3-9,14,20,23-25,34-35H,10-13,15-17H2,1-2H3,(H,32,36)(H,33,37)/t20-,23+,24-,25+,28-,29-/m0/s1. The first kappa shape index (κ1) is 28.7. The van der Waals surface area contributed by atoms with Crippen molar-refractivity contribution in [3.8, 4) is 0 Å². The predicted molar refractivity (Wildman–Crippen MR) is 148 cm³/mol. The molecule has 9 heteroatoms. The molecule has 7 nitrogen and oxygen atoms in total. The molecule has 2 aliphatic carbocycles. The van der Waals surface area contributed by atoms with Crippen LogP contribution in [0.5, 0.6) is 0 Å². The number of aliphatic hydroxyl groups excluding tert-OH is 2. The van der Waals surface area contributed by atoms with Crippen molar-refractivity contribution in [2.45, 2.75) is 64.7 Å². The van der Waals surface area contributed by atoms with Crippen molar-refractivity contribution in [3.05, 3.63) is 64.1 Å². The number of fused-ring (bicyclic) bond motifs is 1. The van der Waals surface area contributed by atoms with Crippen LogP contribution in [0.2, 0.25) is 10.0 Å². The first-order chi connectivity index (χ1) is 18.1. The highest BCUT2D eigenvalue weighted by Crippen LogP contribution is 2.61. The number of hydrogen-bond acceptors (Lipinski definition) is 5. The van der Waals surface area contributed by atoms with Crippen molar-refractivity contribution < 1.29 is 24.5 Å². The van der Waals surface area contributed by atoms with Gasteiger partial charge in [-0.1, -0.05) is 67.4 Å². The Balaban J connectivity index is 1.45. The van der Waals surface area contributed by atoms with E-state index >= 15 is 0 Å². The molecule has 0 aromatic heterocycles. The summed E-state index contributed by atoms with van der Waals surface area (Å²) in [6.45, 7) is 4.30. The molecule has 2 amide bonds. The molecular weight excluding hydrogens is 527 g/mol. The average Bonchev–Trinajstić information content (AvgIpc) is 2.89. The SMILES string of the molecule is C[C@]1(CO)[C@H]2CC[C@@H](O)[C@H](CC(=O)NCc3ccccc3)[C@]2(C)CC[C@H]1OC(=O)Nc1ccc(Cl)c(Cl)c1. The third-order valence-corrected chi connectivity index (χ3v) is 9.57. The molecule has 4 N–H and O–H groups in total. The van der Waals surface area contributed by atoms with E-state index in [4.69, 9.17) is 27.9 Å². The maximum atomic E-state index is 12.9. The fourth-order valence-electron chi connectivity index (χ4n) is 6.70. The zero-order chi connectivity index (χ0) is 27.5. The van der Waals surface area contributed by atoms with Gasteiger partial charge in [0.15, 0.2) is 0 Å². The first-order valence-electron chi connectivity index (χ1n) is 13.1. The number of hydrogen-bond donors (Lipinski definition) is 4. The Morgan fingerprint density at radius 3 is 2.47 bits per heavy atom. The van der Waals surface area contributed by atoms with Gasteiger partial charge in [0.2, 0.25) is 5.91 Å². The summed E-state index contributed by atoms with van der Waals surface area (Å²) in [7, 11) is 0. The van der Waals surface area contributed by atoms with E-state index in [2.05, 4.69) is 17.6 Å². The van der Waals surface area contributed by atoms with Crippen LogP contribution in [0.1, 0.15) is 51.5 Å². The van der Waals surface area contributed by atoms with Crippen LogP contribution in [0.3, 0.4) is 0 Å². The van der Waals surface area contributed by atoms with Gasteiger partial charge in [-0.25, -0.2) is 4.79 Å². The van der Waals surface area contributed by atoms with Crippen LogP contribution in [-0.4, -0.2) is 41.0 Å². The highest BCUT2D eigenvalue weighted by molar-refractivity contribution is 6.42. The smallest absolute Gasteiger partial charge is 0.411 e. The van der Waals surface area contributed by atoms with E-state index in [1.54, 1.807) is 18.2 Å². The molecule has 0 radical (unpaired) electrons. The molecular formula is C29H36Cl2N2O5. The van der Waals surface area contributed by atoms with E-state index in [1.165, 1.54) is 0 Å². The largest absolute Gasteiger partial charge is 0.445 e. The number of amides is 2. The third kappa shape index (κ3) is 5.96. The first-order valence-corrected chi connectivity index (χ1v) is 13.8. The van der Waals surface area contributed by atoms with Crippen molar-refractivity contribution in [1.29, 1.82) is 0 Å². The Labute approximate surface area is 233 Å². The van der Waals surface area contributed by atoms with Crippen LogP contribution < -0.4 is 10.6 Å². The predicted octanol–water partition coefficient (Wildman–Crippen LogP) is 5.80. The molecule has 0 aliphatic heterocycles. The maximum absolute atomic E-state index is 12.9. The summed E-state index contributed by atoms with van der Waals surface area (Å²) in [6.07, 6.45) is 0.781. The summed E-state index contributed by atoms with van der Waals surface area (Å²) >= 11 is 12.0. The van der Waals surface area contributed by atoms with Gasteiger partial charge in [-0.15, -0.1) is 0 Å². The molecule has 0 spiro atoms. The Kier molecular flexibility index (Phi) is 8.92. The second kappa shape index (κ2) is 11.8. The second-order valence-electron chi connectivity index (χ2n) is 11.1. The van der Waals surface area contributed by atoms with Crippen molar-refractivity contribution in [1.82, 2.24) is 5.32 Å². The normalized spacial score (nSPS) is 30.7. The fourth-order valence-corrected chi connectivity index (χ4v) is 7.00. The van der Waals surface area contributed by atoms with Gasteiger partial charge in [0.05, 0.1) is 22.8 Å². The fraction of sp³-hybridized carbons (Fsp3) is 0.517. The van der Waals surface area contributed by atoms with Crippen molar-refractivity contribution >= 4 is 40.9 Å². The zero-order valence-corrected chi connectivity index (χ0v) is 23.3. The molecule has 206 valence electrons. The van der Waals surface area contributed by atoms with Crippen LogP contribution in [0.4, 0.5) is 10.5 Å². The maximum Gasteiger partial charge on any atom is 0.411 e. The quantitative estimate of drug-likeness (QED) is 0.341. The topological polar surface area (TPSA) is 108 Å². The molecule has 0 bridgehead atoms. The van der Waals surface area contributed by atoms with Gasteiger partial charge in [0.25, 0.3) is 0 Å². The number of carbonyl (C=O) groups is 2. The lowest BCUT2D eigenvalue weighted by molar-refractivity contribution is -0.185. The molecule has 0 saturated heterocycles. The number of anilines is 1. The van der Waals surface area contributed by atoms with Gasteiger partial charge >= 0.3 is 6.09 Å². The molecule has 6 atom stereocenters. The molecule has 38 heavy (non-hydrogen) atoms. The van der Waals surface area contributed by atoms with Gasteiger partial charge in [-0.2, -0.15) is 0 Å². The summed E-state index contributed by atoms with van der Waals surface area (Å²) in [4.78, 5) is 25.7. The van der Waals surface area contributed by atoms with E-state index in [0.29, 0.717) is 48.0 Å². The van der Waals surface area contributed by atoms with E-state index in [1.807, 2.05) is 37.3 Å². The summed E-state index contributed by atoms with van der Waals surface area (Å²) in [5.74, 6) is -0.425. The molecule has 2 fully saturated rings. The van der Waals surface area contributed by atoms with Crippen LogP contribution in [0.25, 0.3) is 0 Å². The molecule has 4 rings (SSSR count). The van der Waals surface area contributed by atoms with Crippen LogP contribution in [0, 0.1) is 22.7 Å². The van der Waals surface area contributed by atoms with E-state index in [0.717, 1.165) is 5.56 Å². The number of benzene rings is 2. The second-order valence-corrected chi connectivity index (χ2v) is 11.9. The number of nitrogens with one attached hydrogen (secondary N) is 2. The van der Waals surface area contributed by atoms with Gasteiger partial charge < -0.3 is 20.3 Å².